The second-order valence-electron chi connectivity index (χ2n) is 7.15. The van der Waals surface area contributed by atoms with Gasteiger partial charge in [-0.05, 0) is 12.0 Å². The summed E-state index contributed by atoms with van der Waals surface area (Å²) in [5, 5.41) is 3.23. The van der Waals surface area contributed by atoms with E-state index in [1.807, 2.05) is 41.3 Å². The number of nitrogens with zero attached hydrogens (tertiary/aromatic N) is 3. The maximum absolute atomic E-state index is 12.5. The van der Waals surface area contributed by atoms with Crippen LogP contribution in [0.15, 0.2) is 66.0 Å². The van der Waals surface area contributed by atoms with E-state index in [1.165, 1.54) is 11.1 Å². The van der Waals surface area contributed by atoms with Gasteiger partial charge in [-0.1, -0.05) is 60.7 Å². The first kappa shape index (κ1) is 18.8. The number of carbonyl (C=O) groups is 1. The summed E-state index contributed by atoms with van der Waals surface area (Å²) in [6.45, 7) is 4.30. The second kappa shape index (κ2) is 9.13. The van der Waals surface area contributed by atoms with Crippen molar-refractivity contribution in [2.24, 2.45) is 0 Å². The normalized spacial score (nSPS) is 14.9. The predicted molar refractivity (Wildman–Crippen MR) is 114 cm³/mol. The minimum absolute atomic E-state index is 0.267. The Hall–Kier alpha value is -2.50. The molecular formula is C23H25N3OS. The molecule has 1 aliphatic heterocycles. The quantitative estimate of drug-likeness (QED) is 0.635. The van der Waals surface area contributed by atoms with E-state index in [0.717, 1.165) is 49.8 Å². The summed E-state index contributed by atoms with van der Waals surface area (Å²) >= 11 is 1.70. The van der Waals surface area contributed by atoms with Crippen LogP contribution in [0.1, 0.15) is 17.7 Å². The summed E-state index contributed by atoms with van der Waals surface area (Å²) in [4.78, 5) is 21.7. The van der Waals surface area contributed by atoms with Crippen molar-refractivity contribution in [2.75, 3.05) is 26.2 Å². The van der Waals surface area contributed by atoms with Gasteiger partial charge >= 0.3 is 0 Å². The molecule has 1 aromatic heterocycles. The van der Waals surface area contributed by atoms with Crippen LogP contribution in [-0.4, -0.2) is 46.9 Å². The molecule has 0 radical (unpaired) electrons. The largest absolute Gasteiger partial charge is 0.340 e. The van der Waals surface area contributed by atoms with E-state index < -0.39 is 0 Å². The number of amides is 1. The Kier molecular flexibility index (Phi) is 6.14. The van der Waals surface area contributed by atoms with Crippen molar-refractivity contribution in [1.82, 2.24) is 14.8 Å². The molecule has 144 valence electrons. The van der Waals surface area contributed by atoms with Gasteiger partial charge in [0.2, 0.25) is 5.91 Å². The van der Waals surface area contributed by atoms with E-state index >= 15 is 0 Å². The van der Waals surface area contributed by atoms with Gasteiger partial charge in [0.25, 0.3) is 0 Å². The van der Waals surface area contributed by atoms with Crippen LogP contribution in [0.3, 0.4) is 0 Å². The number of piperazine rings is 1. The van der Waals surface area contributed by atoms with Gasteiger partial charge in [-0.25, -0.2) is 4.98 Å². The number of hydrogen-bond donors (Lipinski definition) is 0. The highest BCUT2D eigenvalue weighted by Crippen LogP contribution is 2.24. The van der Waals surface area contributed by atoms with Gasteiger partial charge in [0.15, 0.2) is 0 Å². The molecule has 1 fully saturated rings. The number of hydrogen-bond acceptors (Lipinski definition) is 4. The van der Waals surface area contributed by atoms with Crippen LogP contribution in [0, 0.1) is 0 Å². The first-order chi connectivity index (χ1) is 13.8. The maximum Gasteiger partial charge on any atom is 0.222 e. The molecule has 1 amide bonds. The highest BCUT2D eigenvalue weighted by molar-refractivity contribution is 7.13. The lowest BCUT2D eigenvalue weighted by atomic mass is 10.1. The molecule has 3 aromatic rings. The van der Waals surface area contributed by atoms with Crippen LogP contribution in [0.5, 0.6) is 0 Å². The molecular weight excluding hydrogens is 366 g/mol. The fraction of sp³-hybridized carbons (Fsp3) is 0.304. The van der Waals surface area contributed by atoms with E-state index in [4.69, 9.17) is 4.98 Å². The number of rotatable bonds is 6. The summed E-state index contributed by atoms with van der Waals surface area (Å²) in [6, 6.07) is 20.6. The smallest absolute Gasteiger partial charge is 0.222 e. The number of thiazole rings is 1. The predicted octanol–water partition coefficient (Wildman–Crippen LogP) is 4.09. The highest BCUT2D eigenvalue weighted by atomic mass is 32.1. The summed E-state index contributed by atoms with van der Waals surface area (Å²) in [5.74, 6) is 0.267. The lowest BCUT2D eigenvalue weighted by Crippen LogP contribution is -2.48. The Morgan fingerprint density at radius 1 is 0.929 bits per heavy atom. The molecule has 2 heterocycles. The standard InChI is InChI=1S/C23H25N3OS/c27-22(12-11-19-7-3-1-4-8-19)26-15-13-25(14-16-26)17-21-18-28-23(24-21)20-9-5-2-6-10-20/h1-10,18H,11-17H2. The van der Waals surface area contributed by atoms with Crippen LogP contribution in [-0.2, 0) is 17.8 Å². The fourth-order valence-corrected chi connectivity index (χ4v) is 4.35. The van der Waals surface area contributed by atoms with E-state index in [9.17, 15) is 4.79 Å². The third-order valence-electron chi connectivity index (χ3n) is 5.15. The van der Waals surface area contributed by atoms with Gasteiger partial charge in [-0.3, -0.25) is 9.69 Å². The van der Waals surface area contributed by atoms with E-state index in [1.54, 1.807) is 11.3 Å². The maximum atomic E-state index is 12.5. The zero-order valence-electron chi connectivity index (χ0n) is 16.0. The number of benzene rings is 2. The van der Waals surface area contributed by atoms with Crippen LogP contribution < -0.4 is 0 Å². The van der Waals surface area contributed by atoms with Crippen molar-refractivity contribution in [3.63, 3.8) is 0 Å². The first-order valence-corrected chi connectivity index (χ1v) is 10.7. The van der Waals surface area contributed by atoms with Gasteiger partial charge in [0.1, 0.15) is 5.01 Å². The van der Waals surface area contributed by atoms with Crippen molar-refractivity contribution >= 4 is 17.2 Å². The number of aromatic nitrogens is 1. The van der Waals surface area contributed by atoms with Crippen LogP contribution in [0.25, 0.3) is 10.6 Å². The third kappa shape index (κ3) is 4.86. The minimum Gasteiger partial charge on any atom is -0.340 e. The Bertz CT molecular complexity index is 886. The molecule has 0 spiro atoms. The van der Waals surface area contributed by atoms with Crippen molar-refractivity contribution in [2.45, 2.75) is 19.4 Å². The lowest BCUT2D eigenvalue weighted by Gasteiger charge is -2.34. The number of carbonyl (C=O) groups excluding carboxylic acids is 1. The zero-order chi connectivity index (χ0) is 19.2. The van der Waals surface area contributed by atoms with Gasteiger partial charge < -0.3 is 4.90 Å². The lowest BCUT2D eigenvalue weighted by molar-refractivity contribution is -0.133. The van der Waals surface area contributed by atoms with E-state index in [-0.39, 0.29) is 5.91 Å². The van der Waals surface area contributed by atoms with E-state index in [2.05, 4.69) is 34.5 Å². The van der Waals surface area contributed by atoms with Crippen LogP contribution >= 0.6 is 11.3 Å². The van der Waals surface area contributed by atoms with Crippen LogP contribution in [0.2, 0.25) is 0 Å². The summed E-state index contributed by atoms with van der Waals surface area (Å²) < 4.78 is 0. The molecule has 0 saturated carbocycles. The van der Waals surface area contributed by atoms with Crippen molar-refractivity contribution in [3.05, 3.63) is 77.3 Å². The van der Waals surface area contributed by atoms with Gasteiger partial charge in [0.05, 0.1) is 5.69 Å². The Morgan fingerprint density at radius 3 is 2.32 bits per heavy atom. The second-order valence-corrected chi connectivity index (χ2v) is 8.01. The summed E-state index contributed by atoms with van der Waals surface area (Å²) in [5.41, 5.74) is 3.52. The Labute approximate surface area is 170 Å². The average molecular weight is 392 g/mol. The zero-order valence-corrected chi connectivity index (χ0v) is 16.8. The topological polar surface area (TPSA) is 36.4 Å². The van der Waals surface area contributed by atoms with Gasteiger partial charge in [-0.15, -0.1) is 11.3 Å². The highest BCUT2D eigenvalue weighted by Gasteiger charge is 2.21. The molecule has 0 bridgehead atoms. The molecule has 2 aromatic carbocycles. The summed E-state index contributed by atoms with van der Waals surface area (Å²) in [6.07, 6.45) is 1.41. The van der Waals surface area contributed by atoms with Crippen molar-refractivity contribution in [1.29, 1.82) is 0 Å². The molecule has 1 saturated heterocycles. The van der Waals surface area contributed by atoms with Crippen LogP contribution in [0.4, 0.5) is 0 Å². The van der Waals surface area contributed by atoms with Crippen molar-refractivity contribution in [3.8, 4) is 10.6 Å². The van der Waals surface area contributed by atoms with Gasteiger partial charge in [0, 0.05) is 50.1 Å². The minimum atomic E-state index is 0.267. The molecule has 0 atom stereocenters. The Balaban J connectivity index is 1.24. The SMILES string of the molecule is O=C(CCc1ccccc1)N1CCN(Cc2csc(-c3ccccc3)n2)CC1. The molecule has 28 heavy (non-hydrogen) atoms. The molecule has 4 nitrogen and oxygen atoms in total. The molecule has 5 heteroatoms. The third-order valence-corrected chi connectivity index (χ3v) is 6.09. The molecule has 0 aliphatic carbocycles. The monoisotopic (exact) mass is 391 g/mol. The van der Waals surface area contributed by atoms with Gasteiger partial charge in [-0.2, -0.15) is 0 Å². The molecule has 0 N–H and O–H groups in total. The average Bonchev–Trinajstić information content (AvgIpc) is 3.22. The van der Waals surface area contributed by atoms with Crippen molar-refractivity contribution < 1.29 is 4.79 Å². The van der Waals surface area contributed by atoms with E-state index in [0.29, 0.717) is 6.42 Å². The first-order valence-electron chi connectivity index (χ1n) is 9.82. The number of aryl methyl sites for hydroxylation is 1. The Morgan fingerprint density at radius 2 is 1.61 bits per heavy atom. The summed E-state index contributed by atoms with van der Waals surface area (Å²) in [7, 11) is 0. The fourth-order valence-electron chi connectivity index (χ4n) is 3.53. The molecule has 1 aliphatic rings. The molecule has 0 unspecified atom stereocenters. The molecule has 4 rings (SSSR count).